The van der Waals surface area contributed by atoms with E-state index in [4.69, 9.17) is 40.5 Å². The van der Waals surface area contributed by atoms with Crippen molar-refractivity contribution in [3.05, 3.63) is 39.5 Å². The lowest BCUT2D eigenvalue weighted by Crippen LogP contribution is -2.15. The SMILES string of the molecule is Nc1c(Cl)ccc(S(=O)(=O)Nc2ccc(Cl)nn2)c1Cl. The van der Waals surface area contributed by atoms with Gasteiger partial charge in [-0.1, -0.05) is 34.8 Å². The van der Waals surface area contributed by atoms with Gasteiger partial charge in [-0.2, -0.15) is 0 Å². The average molecular weight is 354 g/mol. The number of nitrogen functional groups attached to an aromatic ring is 1. The van der Waals surface area contributed by atoms with Crippen LogP contribution in [0.25, 0.3) is 0 Å². The van der Waals surface area contributed by atoms with Crippen molar-refractivity contribution in [1.82, 2.24) is 10.2 Å². The molecule has 0 amide bonds. The molecule has 0 aliphatic rings. The first-order valence-corrected chi connectivity index (χ1v) is 7.68. The first-order valence-electron chi connectivity index (χ1n) is 5.07. The number of aromatic nitrogens is 2. The van der Waals surface area contributed by atoms with Crippen LogP contribution >= 0.6 is 34.8 Å². The first kappa shape index (κ1) is 15.1. The number of rotatable bonds is 3. The molecule has 0 radical (unpaired) electrons. The Labute approximate surface area is 129 Å². The quantitative estimate of drug-likeness (QED) is 0.827. The van der Waals surface area contributed by atoms with E-state index in [2.05, 4.69) is 14.9 Å². The normalized spacial score (nSPS) is 11.3. The molecule has 10 heteroatoms. The minimum absolute atomic E-state index is 0.000937. The molecule has 0 saturated carbocycles. The Morgan fingerprint density at radius 2 is 1.75 bits per heavy atom. The summed E-state index contributed by atoms with van der Waals surface area (Å²) < 4.78 is 26.6. The smallest absolute Gasteiger partial charge is 0.264 e. The number of anilines is 2. The summed E-state index contributed by atoms with van der Waals surface area (Å²) in [4.78, 5) is -0.210. The van der Waals surface area contributed by atoms with Crippen LogP contribution in [0.15, 0.2) is 29.2 Å². The van der Waals surface area contributed by atoms with Crippen LogP contribution in [0.4, 0.5) is 11.5 Å². The van der Waals surface area contributed by atoms with E-state index in [0.717, 1.165) is 0 Å². The molecule has 2 aromatic rings. The van der Waals surface area contributed by atoms with Crippen molar-refractivity contribution in [2.45, 2.75) is 4.90 Å². The van der Waals surface area contributed by atoms with E-state index < -0.39 is 10.0 Å². The third-order valence-corrected chi connectivity index (χ3v) is 4.70. The fraction of sp³-hybridized carbons (Fsp3) is 0. The first-order chi connectivity index (χ1) is 9.31. The molecular formula is C10H7Cl3N4O2S. The van der Waals surface area contributed by atoms with E-state index in [1.165, 1.54) is 24.3 Å². The van der Waals surface area contributed by atoms with Crippen LogP contribution in [0.2, 0.25) is 15.2 Å². The second-order valence-corrected chi connectivity index (χ2v) is 6.44. The highest BCUT2D eigenvalue weighted by molar-refractivity contribution is 7.92. The molecule has 3 N–H and O–H groups in total. The van der Waals surface area contributed by atoms with Crippen molar-refractivity contribution in [2.24, 2.45) is 0 Å². The van der Waals surface area contributed by atoms with Crippen LogP contribution in [0.5, 0.6) is 0 Å². The summed E-state index contributed by atoms with van der Waals surface area (Å²) in [6.07, 6.45) is 0. The summed E-state index contributed by atoms with van der Waals surface area (Å²) in [5, 5.41) is 7.25. The standard InChI is InChI=1S/C10H7Cl3N4O2S/c11-5-1-2-6(9(13)10(5)14)20(18,19)17-8-4-3-7(12)15-16-8/h1-4H,14H2,(H,16,17). The van der Waals surface area contributed by atoms with Crippen molar-refractivity contribution in [2.75, 3.05) is 10.5 Å². The Morgan fingerprint density at radius 1 is 1.05 bits per heavy atom. The number of halogens is 3. The van der Waals surface area contributed by atoms with E-state index in [1.54, 1.807) is 0 Å². The molecule has 0 spiro atoms. The predicted molar refractivity (Wildman–Crippen MR) is 78.7 cm³/mol. The van der Waals surface area contributed by atoms with E-state index in [1.807, 2.05) is 0 Å². The highest BCUT2D eigenvalue weighted by atomic mass is 35.5. The largest absolute Gasteiger partial charge is 0.396 e. The van der Waals surface area contributed by atoms with Crippen LogP contribution < -0.4 is 10.5 Å². The Morgan fingerprint density at radius 3 is 2.35 bits per heavy atom. The number of nitrogens with one attached hydrogen (secondary N) is 1. The lowest BCUT2D eigenvalue weighted by Gasteiger charge is -2.10. The molecule has 1 aromatic heterocycles. The number of hydrogen-bond donors (Lipinski definition) is 2. The molecule has 0 unspecified atom stereocenters. The molecule has 0 bridgehead atoms. The van der Waals surface area contributed by atoms with E-state index in [-0.39, 0.29) is 31.6 Å². The lowest BCUT2D eigenvalue weighted by atomic mass is 10.3. The summed E-state index contributed by atoms with van der Waals surface area (Å²) in [6, 6.07) is 5.34. The van der Waals surface area contributed by atoms with Crippen LogP contribution in [-0.2, 0) is 10.0 Å². The summed E-state index contributed by atoms with van der Waals surface area (Å²) in [5.74, 6) is -0.000937. The van der Waals surface area contributed by atoms with Gasteiger partial charge in [0.05, 0.1) is 15.7 Å². The molecule has 2 rings (SSSR count). The molecule has 20 heavy (non-hydrogen) atoms. The fourth-order valence-corrected chi connectivity index (χ4v) is 3.18. The third-order valence-electron chi connectivity index (χ3n) is 2.25. The number of nitrogens with two attached hydrogens (primary N) is 1. The Kier molecular flexibility index (Phi) is 4.24. The molecule has 0 fully saturated rings. The van der Waals surface area contributed by atoms with E-state index >= 15 is 0 Å². The summed E-state index contributed by atoms with van der Waals surface area (Å²) >= 11 is 17.2. The van der Waals surface area contributed by atoms with Gasteiger partial charge in [0, 0.05) is 0 Å². The highest BCUT2D eigenvalue weighted by Crippen LogP contribution is 2.33. The Hall–Kier alpha value is -1.28. The van der Waals surface area contributed by atoms with Gasteiger partial charge in [-0.15, -0.1) is 10.2 Å². The number of hydrogen-bond acceptors (Lipinski definition) is 5. The topological polar surface area (TPSA) is 98.0 Å². The summed E-state index contributed by atoms with van der Waals surface area (Å²) in [5.41, 5.74) is 5.58. The molecule has 0 saturated heterocycles. The molecule has 6 nitrogen and oxygen atoms in total. The lowest BCUT2D eigenvalue weighted by molar-refractivity contribution is 0.601. The van der Waals surface area contributed by atoms with Gasteiger partial charge >= 0.3 is 0 Å². The van der Waals surface area contributed by atoms with Gasteiger partial charge in [0.15, 0.2) is 11.0 Å². The van der Waals surface area contributed by atoms with Crippen LogP contribution in [-0.4, -0.2) is 18.6 Å². The van der Waals surface area contributed by atoms with Gasteiger partial charge in [0.25, 0.3) is 10.0 Å². The maximum Gasteiger partial charge on any atom is 0.264 e. The number of sulfonamides is 1. The van der Waals surface area contributed by atoms with Crippen molar-refractivity contribution >= 4 is 56.3 Å². The maximum atomic E-state index is 12.2. The van der Waals surface area contributed by atoms with Gasteiger partial charge in [0.2, 0.25) is 0 Å². The van der Waals surface area contributed by atoms with Crippen LogP contribution in [0.1, 0.15) is 0 Å². The fourth-order valence-electron chi connectivity index (χ4n) is 1.32. The third kappa shape index (κ3) is 3.06. The zero-order valence-corrected chi connectivity index (χ0v) is 12.7. The van der Waals surface area contributed by atoms with Gasteiger partial charge in [-0.25, -0.2) is 8.42 Å². The minimum Gasteiger partial charge on any atom is -0.396 e. The second kappa shape index (κ2) is 5.61. The summed E-state index contributed by atoms with van der Waals surface area (Å²) in [7, 11) is -3.96. The van der Waals surface area contributed by atoms with E-state index in [0.29, 0.717) is 0 Å². The van der Waals surface area contributed by atoms with Gasteiger partial charge in [-0.05, 0) is 24.3 Å². The van der Waals surface area contributed by atoms with Crippen molar-refractivity contribution in [1.29, 1.82) is 0 Å². The predicted octanol–water partition coefficient (Wildman–Crippen LogP) is 2.82. The average Bonchev–Trinajstić information content (AvgIpc) is 2.38. The molecular weight excluding hydrogens is 347 g/mol. The van der Waals surface area contributed by atoms with Gasteiger partial charge in [-0.3, -0.25) is 4.72 Å². The zero-order valence-electron chi connectivity index (χ0n) is 9.64. The Bertz CT molecular complexity index is 750. The maximum absolute atomic E-state index is 12.2. The molecule has 106 valence electrons. The summed E-state index contributed by atoms with van der Waals surface area (Å²) in [6.45, 7) is 0. The minimum atomic E-state index is -3.96. The van der Waals surface area contributed by atoms with Crippen LogP contribution in [0, 0.1) is 0 Å². The molecule has 0 aliphatic carbocycles. The number of nitrogens with zero attached hydrogens (tertiary/aromatic N) is 2. The molecule has 0 aliphatic heterocycles. The Balaban J connectivity index is 2.41. The van der Waals surface area contributed by atoms with Crippen molar-refractivity contribution in [3.8, 4) is 0 Å². The van der Waals surface area contributed by atoms with Crippen molar-refractivity contribution in [3.63, 3.8) is 0 Å². The molecule has 1 aromatic carbocycles. The molecule has 1 heterocycles. The van der Waals surface area contributed by atoms with E-state index in [9.17, 15) is 8.42 Å². The second-order valence-electron chi connectivity index (χ2n) is 3.62. The molecule has 0 atom stereocenters. The highest BCUT2D eigenvalue weighted by Gasteiger charge is 2.21. The van der Waals surface area contributed by atoms with Gasteiger partial charge in [0.1, 0.15) is 4.90 Å². The van der Waals surface area contributed by atoms with Crippen LogP contribution in [0.3, 0.4) is 0 Å². The van der Waals surface area contributed by atoms with Crippen molar-refractivity contribution < 1.29 is 8.42 Å². The number of benzene rings is 1. The monoisotopic (exact) mass is 352 g/mol. The zero-order chi connectivity index (χ0) is 14.9. The van der Waals surface area contributed by atoms with Gasteiger partial charge < -0.3 is 5.73 Å².